The fourth-order valence-electron chi connectivity index (χ4n) is 2.24. The van der Waals surface area contributed by atoms with E-state index in [0.29, 0.717) is 0 Å². The molecule has 3 heteroatoms. The largest absolute Gasteiger partial charge is 0.372 e. The van der Waals surface area contributed by atoms with Crippen LogP contribution in [0.2, 0.25) is 0 Å². The van der Waals surface area contributed by atoms with Crippen molar-refractivity contribution in [3.63, 3.8) is 0 Å². The molecule has 1 fully saturated rings. The fourth-order valence-corrected chi connectivity index (χ4v) is 2.59. The van der Waals surface area contributed by atoms with E-state index in [-0.39, 0.29) is 0 Å². The van der Waals surface area contributed by atoms with E-state index >= 15 is 0 Å². The number of nitrogens with one attached hydrogen (secondary N) is 1. The number of anilines is 1. The summed E-state index contributed by atoms with van der Waals surface area (Å²) in [6.07, 6.45) is 3.88. The molecule has 1 aliphatic carbocycles. The van der Waals surface area contributed by atoms with Crippen LogP contribution in [0.3, 0.4) is 0 Å². The molecular formula is C15H23BrN2. The van der Waals surface area contributed by atoms with Gasteiger partial charge < -0.3 is 10.2 Å². The first kappa shape index (κ1) is 13.9. The average molecular weight is 311 g/mol. The smallest absolute Gasteiger partial charge is 0.0423 e. The maximum absolute atomic E-state index is 3.61. The molecule has 1 aromatic carbocycles. The van der Waals surface area contributed by atoms with Crippen LogP contribution in [0.4, 0.5) is 5.69 Å². The van der Waals surface area contributed by atoms with Crippen molar-refractivity contribution in [2.45, 2.75) is 45.7 Å². The van der Waals surface area contributed by atoms with Gasteiger partial charge >= 0.3 is 0 Å². The topological polar surface area (TPSA) is 15.3 Å². The van der Waals surface area contributed by atoms with Gasteiger partial charge in [-0.15, -0.1) is 0 Å². The summed E-state index contributed by atoms with van der Waals surface area (Å²) < 4.78 is 1.17. The van der Waals surface area contributed by atoms with Crippen molar-refractivity contribution < 1.29 is 0 Å². The molecular weight excluding hydrogens is 288 g/mol. The second kappa shape index (κ2) is 6.58. The molecule has 0 unspecified atom stereocenters. The Morgan fingerprint density at radius 3 is 2.72 bits per heavy atom. The van der Waals surface area contributed by atoms with Crippen molar-refractivity contribution in [3.8, 4) is 0 Å². The number of benzene rings is 1. The SMILES string of the molecule is CCCN(CC)c1cc(Br)ccc1CNC1CC1. The molecule has 18 heavy (non-hydrogen) atoms. The normalized spacial score (nSPS) is 14.8. The highest BCUT2D eigenvalue weighted by molar-refractivity contribution is 9.10. The molecule has 0 saturated heterocycles. The van der Waals surface area contributed by atoms with E-state index in [0.717, 1.165) is 25.7 Å². The third-order valence-electron chi connectivity index (χ3n) is 3.42. The van der Waals surface area contributed by atoms with Crippen molar-refractivity contribution in [2.24, 2.45) is 0 Å². The van der Waals surface area contributed by atoms with Crippen LogP contribution >= 0.6 is 15.9 Å². The molecule has 2 rings (SSSR count). The summed E-state index contributed by atoms with van der Waals surface area (Å²) in [5.41, 5.74) is 2.79. The van der Waals surface area contributed by atoms with Crippen molar-refractivity contribution in [1.82, 2.24) is 5.32 Å². The second-order valence-electron chi connectivity index (χ2n) is 5.01. The lowest BCUT2D eigenvalue weighted by Crippen LogP contribution is -2.26. The van der Waals surface area contributed by atoms with Gasteiger partial charge in [-0.05, 0) is 43.9 Å². The van der Waals surface area contributed by atoms with Gasteiger partial charge in [0.1, 0.15) is 0 Å². The monoisotopic (exact) mass is 310 g/mol. The minimum atomic E-state index is 0.766. The number of hydrogen-bond acceptors (Lipinski definition) is 2. The van der Waals surface area contributed by atoms with E-state index in [4.69, 9.17) is 0 Å². The van der Waals surface area contributed by atoms with Crippen LogP contribution in [0, 0.1) is 0 Å². The van der Waals surface area contributed by atoms with E-state index in [1.54, 1.807) is 0 Å². The zero-order valence-corrected chi connectivity index (χ0v) is 13.0. The summed E-state index contributed by atoms with van der Waals surface area (Å²) in [6.45, 7) is 7.66. The molecule has 0 aromatic heterocycles. The number of nitrogens with zero attached hydrogens (tertiary/aromatic N) is 1. The van der Waals surface area contributed by atoms with Gasteiger partial charge in [-0.1, -0.05) is 28.9 Å². The molecule has 0 aliphatic heterocycles. The average Bonchev–Trinajstić information content (AvgIpc) is 3.18. The van der Waals surface area contributed by atoms with Crippen molar-refractivity contribution in [1.29, 1.82) is 0 Å². The fraction of sp³-hybridized carbons (Fsp3) is 0.600. The van der Waals surface area contributed by atoms with Crippen LogP contribution in [-0.2, 0) is 6.54 Å². The molecule has 0 amide bonds. The Balaban J connectivity index is 2.14. The van der Waals surface area contributed by atoms with Gasteiger partial charge in [-0.25, -0.2) is 0 Å². The third kappa shape index (κ3) is 3.72. The molecule has 1 N–H and O–H groups in total. The van der Waals surface area contributed by atoms with Crippen LogP contribution in [0.1, 0.15) is 38.7 Å². The van der Waals surface area contributed by atoms with E-state index in [9.17, 15) is 0 Å². The lowest BCUT2D eigenvalue weighted by molar-refractivity contribution is 0.682. The van der Waals surface area contributed by atoms with E-state index in [2.05, 4.69) is 58.2 Å². The highest BCUT2D eigenvalue weighted by Crippen LogP contribution is 2.27. The van der Waals surface area contributed by atoms with Crippen LogP contribution in [-0.4, -0.2) is 19.1 Å². The van der Waals surface area contributed by atoms with Crippen LogP contribution in [0.15, 0.2) is 22.7 Å². The predicted molar refractivity (Wildman–Crippen MR) is 82.2 cm³/mol. The molecule has 1 aliphatic rings. The summed E-state index contributed by atoms with van der Waals surface area (Å²) in [7, 11) is 0. The van der Waals surface area contributed by atoms with Crippen molar-refractivity contribution in [2.75, 3.05) is 18.0 Å². The molecule has 2 nitrogen and oxygen atoms in total. The minimum absolute atomic E-state index is 0.766. The summed E-state index contributed by atoms with van der Waals surface area (Å²) >= 11 is 3.59. The Bertz CT molecular complexity index is 388. The number of halogens is 1. The summed E-state index contributed by atoms with van der Waals surface area (Å²) in [4.78, 5) is 2.47. The van der Waals surface area contributed by atoms with Gasteiger partial charge in [0.15, 0.2) is 0 Å². The Labute approximate surface area is 119 Å². The Morgan fingerprint density at radius 1 is 1.33 bits per heavy atom. The van der Waals surface area contributed by atoms with Gasteiger partial charge in [-0.2, -0.15) is 0 Å². The van der Waals surface area contributed by atoms with Crippen molar-refractivity contribution in [3.05, 3.63) is 28.2 Å². The number of hydrogen-bond donors (Lipinski definition) is 1. The predicted octanol–water partition coefficient (Wildman–Crippen LogP) is 3.94. The van der Waals surface area contributed by atoms with Gasteiger partial charge in [-0.3, -0.25) is 0 Å². The molecule has 0 heterocycles. The maximum atomic E-state index is 3.61. The molecule has 100 valence electrons. The lowest BCUT2D eigenvalue weighted by Gasteiger charge is -2.25. The molecule has 0 atom stereocenters. The van der Waals surface area contributed by atoms with E-state index in [1.807, 2.05) is 0 Å². The molecule has 1 aromatic rings. The summed E-state index contributed by atoms with van der Waals surface area (Å²) in [5.74, 6) is 0. The highest BCUT2D eigenvalue weighted by Gasteiger charge is 2.21. The Hall–Kier alpha value is -0.540. The van der Waals surface area contributed by atoms with Crippen LogP contribution < -0.4 is 10.2 Å². The molecule has 0 bridgehead atoms. The van der Waals surface area contributed by atoms with Crippen LogP contribution in [0.5, 0.6) is 0 Å². The molecule has 1 saturated carbocycles. The first-order chi connectivity index (χ1) is 8.74. The van der Waals surface area contributed by atoms with Gasteiger partial charge in [0.05, 0.1) is 0 Å². The molecule has 0 spiro atoms. The highest BCUT2D eigenvalue weighted by atomic mass is 79.9. The second-order valence-corrected chi connectivity index (χ2v) is 5.92. The van der Waals surface area contributed by atoms with Crippen LogP contribution in [0.25, 0.3) is 0 Å². The zero-order valence-electron chi connectivity index (χ0n) is 11.4. The summed E-state index contributed by atoms with van der Waals surface area (Å²) in [6, 6.07) is 7.41. The van der Waals surface area contributed by atoms with Gasteiger partial charge in [0, 0.05) is 35.8 Å². The first-order valence-corrected chi connectivity index (χ1v) is 7.80. The molecule has 0 radical (unpaired) electrons. The first-order valence-electron chi connectivity index (χ1n) is 7.01. The van der Waals surface area contributed by atoms with E-state index in [1.165, 1.54) is 35.0 Å². The standard InChI is InChI=1S/C15H23BrN2/c1-3-9-18(4-2)15-10-13(16)6-5-12(15)11-17-14-7-8-14/h5-6,10,14,17H,3-4,7-9,11H2,1-2H3. The van der Waals surface area contributed by atoms with Gasteiger partial charge in [0.25, 0.3) is 0 Å². The minimum Gasteiger partial charge on any atom is -0.372 e. The van der Waals surface area contributed by atoms with Crippen molar-refractivity contribution >= 4 is 21.6 Å². The third-order valence-corrected chi connectivity index (χ3v) is 3.92. The summed E-state index contributed by atoms with van der Waals surface area (Å²) in [5, 5.41) is 3.61. The Kier molecular flexibility index (Phi) is 5.07. The quantitative estimate of drug-likeness (QED) is 0.820. The zero-order chi connectivity index (χ0) is 13.0. The Morgan fingerprint density at radius 2 is 2.11 bits per heavy atom. The van der Waals surface area contributed by atoms with E-state index < -0.39 is 0 Å². The number of rotatable bonds is 7. The maximum Gasteiger partial charge on any atom is 0.0423 e. The lowest BCUT2D eigenvalue weighted by atomic mass is 10.1. The van der Waals surface area contributed by atoms with Gasteiger partial charge in [0.2, 0.25) is 0 Å².